The molecule has 3 rings (SSSR count). The second-order valence-electron chi connectivity index (χ2n) is 4.17. The van der Waals surface area contributed by atoms with Crippen molar-refractivity contribution in [3.05, 3.63) is 0 Å². The normalized spacial score (nSPS) is 55.8. The van der Waals surface area contributed by atoms with E-state index in [4.69, 9.17) is 9.47 Å². The first-order valence-corrected chi connectivity index (χ1v) is 4.59. The molecule has 3 heterocycles. The van der Waals surface area contributed by atoms with E-state index in [1.54, 1.807) is 0 Å². The van der Waals surface area contributed by atoms with E-state index in [1.807, 2.05) is 0 Å². The summed E-state index contributed by atoms with van der Waals surface area (Å²) in [5.41, 5.74) is 0. The number of carbonyl (C=O) groups is 1. The van der Waals surface area contributed by atoms with Crippen LogP contribution >= 0.6 is 0 Å². The Morgan fingerprint density at radius 3 is 3.17 bits per heavy atom. The Bertz CT molecular complexity index is 238. The van der Waals surface area contributed by atoms with E-state index in [-0.39, 0.29) is 18.0 Å². The molecule has 3 nitrogen and oxygen atoms in total. The number of cyclic esters (lactones) is 1. The SMILES string of the molecule is C[C@@H]1CC2O[C@H]1C1COC(=O)C21. The Morgan fingerprint density at radius 1 is 1.50 bits per heavy atom. The quantitative estimate of drug-likeness (QED) is 0.496. The van der Waals surface area contributed by atoms with Gasteiger partial charge in [0.05, 0.1) is 24.7 Å². The number of carbonyl (C=O) groups excluding carboxylic acids is 1. The van der Waals surface area contributed by atoms with E-state index in [9.17, 15) is 4.79 Å². The van der Waals surface area contributed by atoms with E-state index >= 15 is 0 Å². The Kier molecular flexibility index (Phi) is 1.16. The number of esters is 1. The summed E-state index contributed by atoms with van der Waals surface area (Å²) in [6, 6.07) is 0. The Morgan fingerprint density at radius 2 is 2.33 bits per heavy atom. The van der Waals surface area contributed by atoms with E-state index in [0.717, 1.165) is 6.42 Å². The summed E-state index contributed by atoms with van der Waals surface area (Å²) < 4.78 is 10.8. The summed E-state index contributed by atoms with van der Waals surface area (Å²) in [7, 11) is 0. The van der Waals surface area contributed by atoms with Gasteiger partial charge in [0, 0.05) is 5.92 Å². The van der Waals surface area contributed by atoms with Crippen LogP contribution in [0.4, 0.5) is 0 Å². The average molecular weight is 168 g/mol. The Labute approximate surface area is 71.0 Å². The van der Waals surface area contributed by atoms with Crippen LogP contribution in [0.15, 0.2) is 0 Å². The Hall–Kier alpha value is -0.570. The second-order valence-corrected chi connectivity index (χ2v) is 4.17. The topological polar surface area (TPSA) is 35.5 Å². The van der Waals surface area contributed by atoms with Crippen LogP contribution in [-0.2, 0) is 14.3 Å². The molecule has 66 valence electrons. The molecule has 0 radical (unpaired) electrons. The highest BCUT2D eigenvalue weighted by Crippen LogP contribution is 2.49. The van der Waals surface area contributed by atoms with Crippen LogP contribution in [0.3, 0.4) is 0 Å². The minimum absolute atomic E-state index is 0.0283. The van der Waals surface area contributed by atoms with E-state index in [1.165, 1.54) is 0 Å². The molecular formula is C9H12O3. The van der Waals surface area contributed by atoms with Crippen molar-refractivity contribution in [2.75, 3.05) is 6.61 Å². The molecular weight excluding hydrogens is 156 g/mol. The van der Waals surface area contributed by atoms with Crippen molar-refractivity contribution in [2.24, 2.45) is 17.8 Å². The largest absolute Gasteiger partial charge is 0.465 e. The fourth-order valence-corrected chi connectivity index (χ4v) is 2.93. The number of hydrogen-bond acceptors (Lipinski definition) is 3. The van der Waals surface area contributed by atoms with Crippen LogP contribution in [0.25, 0.3) is 0 Å². The molecule has 0 N–H and O–H groups in total. The highest BCUT2D eigenvalue weighted by atomic mass is 16.6. The minimum Gasteiger partial charge on any atom is -0.465 e. The van der Waals surface area contributed by atoms with Crippen molar-refractivity contribution in [3.8, 4) is 0 Å². The first-order chi connectivity index (χ1) is 5.77. The molecule has 2 bridgehead atoms. The van der Waals surface area contributed by atoms with Crippen molar-refractivity contribution in [1.29, 1.82) is 0 Å². The van der Waals surface area contributed by atoms with Crippen LogP contribution in [0.5, 0.6) is 0 Å². The molecule has 0 spiro atoms. The van der Waals surface area contributed by atoms with E-state index in [2.05, 4.69) is 6.92 Å². The third kappa shape index (κ3) is 0.637. The zero-order valence-corrected chi connectivity index (χ0v) is 7.03. The van der Waals surface area contributed by atoms with Gasteiger partial charge in [-0.15, -0.1) is 0 Å². The third-order valence-corrected chi connectivity index (χ3v) is 3.47. The zero-order chi connectivity index (χ0) is 8.29. The lowest BCUT2D eigenvalue weighted by Gasteiger charge is -2.21. The van der Waals surface area contributed by atoms with Gasteiger partial charge in [-0.1, -0.05) is 6.92 Å². The molecule has 12 heavy (non-hydrogen) atoms. The van der Waals surface area contributed by atoms with Gasteiger partial charge < -0.3 is 9.47 Å². The van der Waals surface area contributed by atoms with Gasteiger partial charge >= 0.3 is 5.97 Å². The summed E-state index contributed by atoms with van der Waals surface area (Å²) in [6.45, 7) is 2.79. The third-order valence-electron chi connectivity index (χ3n) is 3.47. The van der Waals surface area contributed by atoms with Gasteiger partial charge in [-0.05, 0) is 12.3 Å². The molecule has 0 amide bonds. The summed E-state index contributed by atoms with van der Waals surface area (Å²) in [4.78, 5) is 11.3. The summed E-state index contributed by atoms with van der Waals surface area (Å²) >= 11 is 0. The molecule has 0 saturated carbocycles. The molecule has 3 aliphatic rings. The van der Waals surface area contributed by atoms with Gasteiger partial charge in [0.1, 0.15) is 0 Å². The fourth-order valence-electron chi connectivity index (χ4n) is 2.93. The summed E-state index contributed by atoms with van der Waals surface area (Å²) in [6.07, 6.45) is 1.51. The molecule has 3 saturated heterocycles. The summed E-state index contributed by atoms with van der Waals surface area (Å²) in [5.74, 6) is 1.03. The first kappa shape index (κ1) is 6.89. The predicted octanol–water partition coefficient (Wildman–Crippen LogP) is 0.583. The van der Waals surface area contributed by atoms with Crippen LogP contribution in [0.2, 0.25) is 0 Å². The van der Waals surface area contributed by atoms with Gasteiger partial charge in [0.25, 0.3) is 0 Å². The van der Waals surface area contributed by atoms with Gasteiger partial charge in [-0.25, -0.2) is 0 Å². The van der Waals surface area contributed by atoms with Gasteiger partial charge in [0.15, 0.2) is 0 Å². The molecule has 0 aromatic rings. The molecule has 3 unspecified atom stereocenters. The summed E-state index contributed by atoms with van der Waals surface area (Å²) in [5, 5.41) is 0. The fraction of sp³-hybridized carbons (Fsp3) is 0.889. The van der Waals surface area contributed by atoms with Crippen molar-refractivity contribution in [1.82, 2.24) is 0 Å². The predicted molar refractivity (Wildman–Crippen MR) is 40.4 cm³/mol. The lowest BCUT2D eigenvalue weighted by molar-refractivity contribution is -0.143. The molecule has 5 atom stereocenters. The molecule has 0 aromatic heterocycles. The molecule has 3 heteroatoms. The highest BCUT2D eigenvalue weighted by molar-refractivity contribution is 5.76. The number of ether oxygens (including phenoxy) is 2. The average Bonchev–Trinajstić information content (AvgIpc) is 2.62. The number of fused-ring (bicyclic) bond motifs is 5. The Balaban J connectivity index is 1.94. The van der Waals surface area contributed by atoms with Crippen molar-refractivity contribution < 1.29 is 14.3 Å². The number of hydrogen-bond donors (Lipinski definition) is 0. The molecule has 0 aromatic carbocycles. The van der Waals surface area contributed by atoms with Crippen LogP contribution < -0.4 is 0 Å². The highest BCUT2D eigenvalue weighted by Gasteiger charge is 2.59. The maximum Gasteiger partial charge on any atom is 0.312 e. The van der Waals surface area contributed by atoms with E-state index < -0.39 is 0 Å². The van der Waals surface area contributed by atoms with Gasteiger partial charge in [-0.3, -0.25) is 4.79 Å². The lowest BCUT2D eigenvalue weighted by atomic mass is 9.76. The first-order valence-electron chi connectivity index (χ1n) is 4.59. The standard InChI is InChI=1S/C9H12O3/c1-4-2-6-7-5(8(4)12-6)3-11-9(7)10/h4-8H,2-3H2,1H3/t4-,5?,6?,7?,8-/m1/s1. The van der Waals surface area contributed by atoms with Gasteiger partial charge in [-0.2, -0.15) is 0 Å². The van der Waals surface area contributed by atoms with Crippen LogP contribution in [-0.4, -0.2) is 24.8 Å². The maximum absolute atomic E-state index is 11.3. The van der Waals surface area contributed by atoms with E-state index in [0.29, 0.717) is 24.5 Å². The van der Waals surface area contributed by atoms with Gasteiger partial charge in [0.2, 0.25) is 0 Å². The molecule has 0 aliphatic carbocycles. The zero-order valence-electron chi connectivity index (χ0n) is 7.03. The minimum atomic E-state index is -0.0283. The maximum atomic E-state index is 11.3. The van der Waals surface area contributed by atoms with Crippen LogP contribution in [0, 0.1) is 17.8 Å². The van der Waals surface area contributed by atoms with Crippen LogP contribution in [0.1, 0.15) is 13.3 Å². The van der Waals surface area contributed by atoms with Crippen molar-refractivity contribution in [2.45, 2.75) is 25.6 Å². The van der Waals surface area contributed by atoms with Crippen molar-refractivity contribution in [3.63, 3.8) is 0 Å². The number of rotatable bonds is 0. The monoisotopic (exact) mass is 168 g/mol. The smallest absolute Gasteiger partial charge is 0.312 e. The molecule has 3 fully saturated rings. The molecule has 3 aliphatic heterocycles. The second kappa shape index (κ2) is 2.02. The van der Waals surface area contributed by atoms with Crippen molar-refractivity contribution >= 4 is 5.97 Å². The lowest BCUT2D eigenvalue weighted by Crippen LogP contribution is -2.32.